The average Bonchev–Trinajstić information content (AvgIpc) is 3.20. The minimum Gasteiger partial charge on any atom is -0.360 e. The molecular formula is C18H14ClF3N8O2. The van der Waals surface area contributed by atoms with E-state index in [0.29, 0.717) is 11.6 Å². The minimum atomic E-state index is -4.65. The zero-order valence-corrected chi connectivity index (χ0v) is 17.2. The lowest BCUT2D eigenvalue weighted by Gasteiger charge is -2.17. The molecule has 0 saturated heterocycles. The number of nitrogens with one attached hydrogen (secondary N) is 2. The fraction of sp³-hybridized carbons (Fsp3) is 0.222. The van der Waals surface area contributed by atoms with Crippen molar-refractivity contribution in [1.82, 2.24) is 34.5 Å². The Kier molecular flexibility index (Phi) is 5.20. The number of H-pyrrole nitrogens is 1. The molecule has 2 N–H and O–H groups in total. The van der Waals surface area contributed by atoms with Gasteiger partial charge in [-0.25, -0.2) is 14.5 Å². The van der Waals surface area contributed by atoms with Crippen LogP contribution in [0.1, 0.15) is 24.4 Å². The monoisotopic (exact) mass is 466 g/mol. The molecule has 0 saturated carbocycles. The highest BCUT2D eigenvalue weighted by Crippen LogP contribution is 2.36. The van der Waals surface area contributed by atoms with Gasteiger partial charge in [-0.05, 0) is 25.1 Å². The Morgan fingerprint density at radius 3 is 2.66 bits per heavy atom. The van der Waals surface area contributed by atoms with Gasteiger partial charge in [-0.2, -0.15) is 27.9 Å². The van der Waals surface area contributed by atoms with E-state index in [0.717, 1.165) is 16.8 Å². The van der Waals surface area contributed by atoms with Crippen LogP contribution in [-0.2, 0) is 13.2 Å². The molecule has 166 valence electrons. The van der Waals surface area contributed by atoms with Crippen LogP contribution >= 0.6 is 11.6 Å². The molecule has 3 heterocycles. The number of anilines is 1. The van der Waals surface area contributed by atoms with Crippen molar-refractivity contribution in [3.8, 4) is 5.82 Å². The second-order valence-electron chi connectivity index (χ2n) is 6.82. The maximum absolute atomic E-state index is 13.3. The number of rotatable bonds is 4. The summed E-state index contributed by atoms with van der Waals surface area (Å²) in [6, 6.07) is 3.65. The Morgan fingerprint density at radius 1 is 1.22 bits per heavy atom. The van der Waals surface area contributed by atoms with Crippen molar-refractivity contribution in [2.45, 2.75) is 19.1 Å². The van der Waals surface area contributed by atoms with Crippen LogP contribution < -0.4 is 16.6 Å². The molecule has 32 heavy (non-hydrogen) atoms. The van der Waals surface area contributed by atoms with E-state index in [2.05, 4.69) is 30.5 Å². The van der Waals surface area contributed by atoms with Crippen molar-refractivity contribution in [3.63, 3.8) is 0 Å². The average molecular weight is 467 g/mol. The molecular weight excluding hydrogens is 453 g/mol. The molecule has 0 aliphatic heterocycles. The molecule has 1 aromatic carbocycles. The van der Waals surface area contributed by atoms with Gasteiger partial charge in [-0.3, -0.25) is 4.79 Å². The summed E-state index contributed by atoms with van der Waals surface area (Å²) in [6.07, 6.45) is -3.39. The first-order valence-electron chi connectivity index (χ1n) is 9.06. The summed E-state index contributed by atoms with van der Waals surface area (Å²) in [7, 11) is 1.47. The molecule has 0 bridgehead atoms. The number of hydrogen-bond donors (Lipinski definition) is 2. The van der Waals surface area contributed by atoms with E-state index in [-0.39, 0.29) is 27.3 Å². The lowest BCUT2D eigenvalue weighted by atomic mass is 10.1. The lowest BCUT2D eigenvalue weighted by Crippen LogP contribution is -2.22. The van der Waals surface area contributed by atoms with Crippen LogP contribution in [0.3, 0.4) is 0 Å². The van der Waals surface area contributed by atoms with Crippen molar-refractivity contribution < 1.29 is 13.2 Å². The third-order valence-electron chi connectivity index (χ3n) is 4.60. The van der Waals surface area contributed by atoms with Gasteiger partial charge in [0.05, 0.1) is 22.1 Å². The van der Waals surface area contributed by atoms with E-state index < -0.39 is 23.5 Å². The van der Waals surface area contributed by atoms with E-state index in [9.17, 15) is 22.8 Å². The predicted molar refractivity (Wildman–Crippen MR) is 109 cm³/mol. The van der Waals surface area contributed by atoms with Gasteiger partial charge in [0.25, 0.3) is 5.56 Å². The number of aryl methyl sites for hydroxylation is 1. The second-order valence-corrected chi connectivity index (χ2v) is 7.23. The number of aromatic amines is 1. The van der Waals surface area contributed by atoms with Crippen LogP contribution in [0.5, 0.6) is 0 Å². The largest absolute Gasteiger partial charge is 0.416 e. The third kappa shape index (κ3) is 3.93. The van der Waals surface area contributed by atoms with Gasteiger partial charge in [0, 0.05) is 18.5 Å². The van der Waals surface area contributed by atoms with Gasteiger partial charge < -0.3 is 10.3 Å². The van der Waals surface area contributed by atoms with Gasteiger partial charge in [-0.1, -0.05) is 11.6 Å². The Bertz CT molecular complexity index is 1440. The minimum absolute atomic E-state index is 0.00978. The maximum atomic E-state index is 13.3. The van der Waals surface area contributed by atoms with E-state index in [1.807, 2.05) is 0 Å². The summed E-state index contributed by atoms with van der Waals surface area (Å²) in [6.45, 7) is 1.65. The van der Waals surface area contributed by atoms with Crippen LogP contribution in [0.4, 0.5) is 19.0 Å². The summed E-state index contributed by atoms with van der Waals surface area (Å²) in [5, 5.41) is 10.8. The molecule has 4 rings (SSSR count). The fourth-order valence-corrected chi connectivity index (χ4v) is 3.35. The molecule has 3 aromatic heterocycles. The molecule has 1 unspecified atom stereocenters. The quantitative estimate of drug-likeness (QED) is 0.473. The number of benzene rings is 1. The lowest BCUT2D eigenvalue weighted by molar-refractivity contribution is -0.137. The summed E-state index contributed by atoms with van der Waals surface area (Å²) in [5.41, 5.74) is -2.10. The predicted octanol–water partition coefficient (Wildman–Crippen LogP) is 2.44. The first kappa shape index (κ1) is 21.5. The van der Waals surface area contributed by atoms with Crippen molar-refractivity contribution >= 4 is 28.3 Å². The molecule has 1 atom stereocenters. The smallest absolute Gasteiger partial charge is 0.360 e. The van der Waals surface area contributed by atoms with Gasteiger partial charge in [0.1, 0.15) is 12.1 Å². The summed E-state index contributed by atoms with van der Waals surface area (Å²) in [4.78, 5) is 33.9. The highest BCUT2D eigenvalue weighted by Gasteiger charge is 2.32. The maximum Gasteiger partial charge on any atom is 0.416 e. The van der Waals surface area contributed by atoms with Crippen LogP contribution in [0.25, 0.3) is 16.7 Å². The van der Waals surface area contributed by atoms with Crippen molar-refractivity contribution in [2.75, 3.05) is 5.32 Å². The summed E-state index contributed by atoms with van der Waals surface area (Å²) in [5.74, 6) is 0.482. The topological polar surface area (TPSA) is 123 Å². The standard InChI is InChI=1S/C18H14ClF3N8O2/c1-8(16-23-7-24-30(16)12-3-4-13(31)29(2)28-12)25-15-10-5-9(18(20,21)22)6-11(19)14(10)26-17(32)27-15/h3-8H,1-2H3,(H2,25,26,27,32). The zero-order chi connectivity index (χ0) is 23.2. The summed E-state index contributed by atoms with van der Waals surface area (Å²) < 4.78 is 42.3. The van der Waals surface area contributed by atoms with Crippen LogP contribution in [0.15, 0.2) is 40.2 Å². The molecule has 4 aromatic rings. The summed E-state index contributed by atoms with van der Waals surface area (Å²) >= 11 is 5.99. The van der Waals surface area contributed by atoms with Crippen molar-refractivity contribution in [2.24, 2.45) is 7.05 Å². The molecule has 14 heteroatoms. The number of hydrogen-bond acceptors (Lipinski definition) is 7. The molecule has 0 fully saturated rings. The van der Waals surface area contributed by atoms with Gasteiger partial charge in [-0.15, -0.1) is 5.10 Å². The second kappa shape index (κ2) is 7.75. The number of nitrogens with zero attached hydrogens (tertiary/aromatic N) is 6. The molecule has 0 amide bonds. The van der Waals surface area contributed by atoms with Crippen LogP contribution in [-0.4, -0.2) is 34.5 Å². The van der Waals surface area contributed by atoms with Gasteiger partial charge in [0.2, 0.25) is 0 Å². The highest BCUT2D eigenvalue weighted by molar-refractivity contribution is 6.35. The first-order valence-corrected chi connectivity index (χ1v) is 9.44. The number of halogens is 4. The van der Waals surface area contributed by atoms with Crippen LogP contribution in [0, 0.1) is 0 Å². The third-order valence-corrected chi connectivity index (χ3v) is 4.89. The molecule has 0 aliphatic carbocycles. The molecule has 10 nitrogen and oxygen atoms in total. The number of alkyl halides is 3. The fourth-order valence-electron chi connectivity index (χ4n) is 3.09. The van der Waals surface area contributed by atoms with Crippen molar-refractivity contribution in [1.29, 1.82) is 0 Å². The van der Waals surface area contributed by atoms with Crippen molar-refractivity contribution in [3.05, 3.63) is 67.8 Å². The number of aromatic nitrogens is 7. The Labute approximate surface area is 181 Å². The first-order chi connectivity index (χ1) is 15.0. The van der Waals surface area contributed by atoms with E-state index in [1.165, 1.54) is 30.2 Å². The molecule has 0 radical (unpaired) electrons. The molecule has 0 aliphatic rings. The van der Waals surface area contributed by atoms with Crippen LogP contribution in [0.2, 0.25) is 5.02 Å². The van der Waals surface area contributed by atoms with E-state index in [1.54, 1.807) is 6.92 Å². The Hall–Kier alpha value is -3.74. The van der Waals surface area contributed by atoms with E-state index in [4.69, 9.17) is 11.6 Å². The normalized spacial score (nSPS) is 12.8. The van der Waals surface area contributed by atoms with Gasteiger partial charge in [0.15, 0.2) is 11.6 Å². The van der Waals surface area contributed by atoms with Gasteiger partial charge >= 0.3 is 11.9 Å². The Balaban J connectivity index is 1.78. The van der Waals surface area contributed by atoms with E-state index >= 15 is 0 Å². The molecule has 0 spiro atoms. The highest BCUT2D eigenvalue weighted by atomic mass is 35.5. The Morgan fingerprint density at radius 2 is 1.97 bits per heavy atom. The SMILES string of the molecule is CC(Nc1nc(=O)[nH]c2c(Cl)cc(C(F)(F)F)cc12)c1ncnn1-c1ccc(=O)n(C)n1. The zero-order valence-electron chi connectivity index (χ0n) is 16.5. The number of fused-ring (bicyclic) bond motifs is 1.